The van der Waals surface area contributed by atoms with Gasteiger partial charge >= 0.3 is 0 Å². The zero-order valence-corrected chi connectivity index (χ0v) is 34.7. The van der Waals surface area contributed by atoms with E-state index < -0.39 is 51.9 Å². The van der Waals surface area contributed by atoms with Crippen LogP contribution in [0.5, 0.6) is 0 Å². The molecule has 56 heavy (non-hydrogen) atoms. The standard InChI is InChI=1S/C40H44N4O8S4/c1-27-5-13-31(14-6-27)53(45,46)41-21-35-36(22-42-54(47,48)32-15-7-28(2)8-16-32)38-24-44(56(51,52)34-19-11-30(4)12-20-34)26-40(38)39-25-43(23-37(35)39)55(49,50)33-17-9-29(3)10-18-33/h5-20,37,39,41-42H,21-26H2,1-4H3/t37-,39+/m1/s1. The van der Waals surface area contributed by atoms with E-state index in [1.807, 2.05) is 27.7 Å². The normalized spacial score (nSPS) is 19.7. The molecule has 12 nitrogen and oxygen atoms in total. The summed E-state index contributed by atoms with van der Waals surface area (Å²) >= 11 is 0. The summed E-state index contributed by atoms with van der Waals surface area (Å²) in [6, 6.07) is 25.7. The third kappa shape index (κ3) is 7.81. The summed E-state index contributed by atoms with van der Waals surface area (Å²) in [5.41, 5.74) is 5.67. The summed E-state index contributed by atoms with van der Waals surface area (Å²) < 4.78 is 119. The van der Waals surface area contributed by atoms with Gasteiger partial charge in [-0.25, -0.2) is 43.1 Å². The van der Waals surface area contributed by atoms with Gasteiger partial charge in [0.1, 0.15) is 0 Å². The van der Waals surface area contributed by atoms with Crippen LogP contribution in [-0.4, -0.2) is 81.6 Å². The average Bonchev–Trinajstić information content (AvgIpc) is 3.81. The van der Waals surface area contributed by atoms with E-state index in [2.05, 4.69) is 9.44 Å². The highest BCUT2D eigenvalue weighted by molar-refractivity contribution is 7.90. The van der Waals surface area contributed by atoms with Crippen LogP contribution >= 0.6 is 0 Å². The topological polar surface area (TPSA) is 167 Å². The predicted octanol–water partition coefficient (Wildman–Crippen LogP) is 4.43. The van der Waals surface area contributed by atoms with Crippen LogP contribution in [0.3, 0.4) is 0 Å². The lowest BCUT2D eigenvalue weighted by Crippen LogP contribution is -2.36. The Bertz CT molecular complexity index is 2680. The lowest BCUT2D eigenvalue weighted by atomic mass is 9.74. The second kappa shape index (κ2) is 15.1. The Labute approximate surface area is 330 Å². The van der Waals surface area contributed by atoms with E-state index in [1.54, 1.807) is 60.7 Å². The van der Waals surface area contributed by atoms with E-state index in [0.29, 0.717) is 22.3 Å². The summed E-state index contributed by atoms with van der Waals surface area (Å²) in [5, 5.41) is 0. The van der Waals surface area contributed by atoms with Gasteiger partial charge in [-0.1, -0.05) is 70.8 Å². The van der Waals surface area contributed by atoms with Gasteiger partial charge in [-0.2, -0.15) is 8.61 Å². The minimum absolute atomic E-state index is 0.0225. The summed E-state index contributed by atoms with van der Waals surface area (Å²) in [4.78, 5) is 0.247. The highest BCUT2D eigenvalue weighted by Crippen LogP contribution is 2.48. The SMILES string of the molecule is Cc1ccc(S(=O)(=O)NCC2=C(CNS(=O)(=O)c3ccc(C)cc3)[C@H]3CN(S(=O)(=O)c4ccc(C)cc4)C[C@@H]3C3=C2CN(S(=O)(=O)c2ccc(C)cc2)C3)cc1. The van der Waals surface area contributed by atoms with Crippen molar-refractivity contribution < 1.29 is 33.7 Å². The lowest BCUT2D eigenvalue weighted by Gasteiger charge is -2.32. The molecular formula is C40H44N4O8S4. The fourth-order valence-electron chi connectivity index (χ4n) is 7.63. The van der Waals surface area contributed by atoms with Gasteiger partial charge in [-0.3, -0.25) is 0 Å². The molecule has 0 spiro atoms. The number of nitrogens with zero attached hydrogens (tertiary/aromatic N) is 2. The summed E-state index contributed by atoms with van der Waals surface area (Å²) in [7, 11) is -16.3. The smallest absolute Gasteiger partial charge is 0.207 e. The second-order valence-corrected chi connectivity index (χ2v) is 22.1. The first-order valence-electron chi connectivity index (χ1n) is 18.1. The number of benzene rings is 4. The van der Waals surface area contributed by atoms with Gasteiger partial charge in [0.25, 0.3) is 0 Å². The van der Waals surface area contributed by atoms with Crippen molar-refractivity contribution in [3.8, 4) is 0 Å². The van der Waals surface area contributed by atoms with Crippen LogP contribution in [0, 0.1) is 39.5 Å². The zero-order valence-electron chi connectivity index (χ0n) is 31.4. The largest absolute Gasteiger partial charge is 0.243 e. The van der Waals surface area contributed by atoms with Crippen LogP contribution in [-0.2, 0) is 40.1 Å². The van der Waals surface area contributed by atoms with E-state index >= 15 is 0 Å². The van der Waals surface area contributed by atoms with E-state index in [1.165, 1.54) is 45.0 Å². The fourth-order valence-corrected chi connectivity index (χ4v) is 12.5. The van der Waals surface area contributed by atoms with Gasteiger partial charge in [-0.15, -0.1) is 0 Å². The molecule has 0 bridgehead atoms. The van der Waals surface area contributed by atoms with E-state index in [4.69, 9.17) is 0 Å². The minimum atomic E-state index is -4.09. The first-order chi connectivity index (χ1) is 26.4. The van der Waals surface area contributed by atoms with Crippen molar-refractivity contribution in [1.82, 2.24) is 18.1 Å². The van der Waals surface area contributed by atoms with Crippen molar-refractivity contribution in [3.63, 3.8) is 0 Å². The van der Waals surface area contributed by atoms with Gasteiger partial charge in [-0.05, 0) is 98.5 Å². The third-order valence-corrected chi connectivity index (χ3v) is 17.4. The molecular weight excluding hydrogens is 793 g/mol. The van der Waals surface area contributed by atoms with Crippen molar-refractivity contribution in [1.29, 1.82) is 0 Å². The predicted molar refractivity (Wildman–Crippen MR) is 214 cm³/mol. The number of hydrogen-bond acceptors (Lipinski definition) is 8. The molecule has 296 valence electrons. The monoisotopic (exact) mass is 836 g/mol. The molecule has 0 radical (unpaired) electrons. The highest BCUT2D eigenvalue weighted by Gasteiger charge is 2.50. The Morgan fingerprint density at radius 1 is 0.482 bits per heavy atom. The molecule has 2 aliphatic heterocycles. The Morgan fingerprint density at radius 3 is 1.30 bits per heavy atom. The number of sulfonamides is 4. The van der Waals surface area contributed by atoms with E-state index in [-0.39, 0.29) is 58.9 Å². The van der Waals surface area contributed by atoms with Gasteiger partial charge in [0, 0.05) is 51.1 Å². The maximum atomic E-state index is 14.2. The van der Waals surface area contributed by atoms with Gasteiger partial charge in [0.2, 0.25) is 40.1 Å². The lowest BCUT2D eigenvalue weighted by molar-refractivity contribution is 0.454. The molecule has 2 heterocycles. The molecule has 1 fully saturated rings. The van der Waals surface area contributed by atoms with Crippen molar-refractivity contribution in [3.05, 3.63) is 142 Å². The molecule has 0 unspecified atom stereocenters. The van der Waals surface area contributed by atoms with Crippen LogP contribution in [0.2, 0.25) is 0 Å². The van der Waals surface area contributed by atoms with Crippen LogP contribution < -0.4 is 9.44 Å². The molecule has 16 heteroatoms. The van der Waals surface area contributed by atoms with Crippen LogP contribution in [0.4, 0.5) is 0 Å². The van der Waals surface area contributed by atoms with E-state index in [9.17, 15) is 33.7 Å². The van der Waals surface area contributed by atoms with Crippen molar-refractivity contribution in [2.75, 3.05) is 39.3 Å². The summed E-state index contributed by atoms with van der Waals surface area (Å²) in [5.74, 6) is -1.12. The fraction of sp³-hybridized carbons (Fsp3) is 0.300. The van der Waals surface area contributed by atoms with Gasteiger partial charge in [0.05, 0.1) is 19.6 Å². The van der Waals surface area contributed by atoms with Crippen LogP contribution in [0.15, 0.2) is 139 Å². The molecule has 1 saturated heterocycles. The Kier molecular flexibility index (Phi) is 10.8. The average molecular weight is 837 g/mol. The van der Waals surface area contributed by atoms with Crippen molar-refractivity contribution in [2.45, 2.75) is 47.3 Å². The Balaban J connectivity index is 1.33. The number of aryl methyl sites for hydroxylation is 4. The van der Waals surface area contributed by atoms with Gasteiger partial charge in [0.15, 0.2) is 0 Å². The van der Waals surface area contributed by atoms with Crippen LogP contribution in [0.25, 0.3) is 0 Å². The Hall–Kier alpha value is -4.00. The molecule has 2 N–H and O–H groups in total. The molecule has 1 aliphatic carbocycles. The molecule has 0 saturated carbocycles. The van der Waals surface area contributed by atoms with Crippen LogP contribution in [0.1, 0.15) is 22.3 Å². The first-order valence-corrected chi connectivity index (χ1v) is 23.9. The van der Waals surface area contributed by atoms with Crippen molar-refractivity contribution in [2.24, 2.45) is 11.8 Å². The maximum Gasteiger partial charge on any atom is 0.243 e. The number of hydrogen-bond donors (Lipinski definition) is 2. The molecule has 0 aromatic heterocycles. The first kappa shape index (κ1) is 40.2. The van der Waals surface area contributed by atoms with Crippen molar-refractivity contribution >= 4 is 40.1 Å². The number of nitrogens with one attached hydrogen (secondary N) is 2. The van der Waals surface area contributed by atoms with Gasteiger partial charge < -0.3 is 0 Å². The quantitative estimate of drug-likeness (QED) is 0.212. The molecule has 0 amide bonds. The molecule has 7 rings (SSSR count). The number of rotatable bonds is 12. The van der Waals surface area contributed by atoms with E-state index in [0.717, 1.165) is 22.3 Å². The second-order valence-electron chi connectivity index (χ2n) is 14.7. The zero-order chi connectivity index (χ0) is 40.2. The summed E-state index contributed by atoms with van der Waals surface area (Å²) in [6.07, 6.45) is 0. The maximum absolute atomic E-state index is 14.2. The molecule has 4 aromatic rings. The molecule has 2 atom stereocenters. The number of fused-ring (bicyclic) bond motifs is 2. The third-order valence-electron chi connectivity index (χ3n) is 10.9. The highest BCUT2D eigenvalue weighted by atomic mass is 32.2. The Morgan fingerprint density at radius 2 is 0.857 bits per heavy atom. The summed E-state index contributed by atoms with van der Waals surface area (Å²) in [6.45, 7) is 6.67. The minimum Gasteiger partial charge on any atom is -0.207 e. The molecule has 4 aromatic carbocycles. The molecule has 3 aliphatic rings.